The summed E-state index contributed by atoms with van der Waals surface area (Å²) in [5.74, 6) is 0.758. The van der Waals surface area contributed by atoms with E-state index in [4.69, 9.17) is 5.73 Å². The van der Waals surface area contributed by atoms with E-state index in [1.165, 1.54) is 44.1 Å². The fraction of sp³-hybridized carbons (Fsp3) is 0.667. The van der Waals surface area contributed by atoms with Crippen LogP contribution in [0.25, 0.3) is 0 Å². The molecule has 2 nitrogen and oxygen atoms in total. The van der Waals surface area contributed by atoms with Gasteiger partial charge in [-0.05, 0) is 43.2 Å². The quantitative estimate of drug-likeness (QED) is 0.809. The lowest BCUT2D eigenvalue weighted by molar-refractivity contribution is 0.359. The summed E-state index contributed by atoms with van der Waals surface area (Å²) in [5.41, 5.74) is 7.66. The lowest BCUT2D eigenvalue weighted by Crippen LogP contribution is -2.30. The number of aryl methyl sites for hydroxylation is 1. The van der Waals surface area contributed by atoms with Crippen LogP contribution < -0.4 is 5.73 Å². The zero-order chi connectivity index (χ0) is 11.9. The summed E-state index contributed by atoms with van der Waals surface area (Å²) < 4.78 is 0. The van der Waals surface area contributed by atoms with E-state index >= 15 is 0 Å². The third kappa shape index (κ3) is 4.12. The van der Waals surface area contributed by atoms with E-state index in [2.05, 4.69) is 11.1 Å². The summed E-state index contributed by atoms with van der Waals surface area (Å²) in [5, 5.41) is 0. The van der Waals surface area contributed by atoms with Gasteiger partial charge in [0.2, 0.25) is 0 Å². The van der Waals surface area contributed by atoms with Gasteiger partial charge in [-0.3, -0.25) is 4.98 Å². The van der Waals surface area contributed by atoms with Crippen molar-refractivity contribution in [2.75, 3.05) is 0 Å². The molecule has 94 valence electrons. The Labute approximate surface area is 105 Å². The molecule has 1 heterocycles. The van der Waals surface area contributed by atoms with Gasteiger partial charge in [0.05, 0.1) is 0 Å². The van der Waals surface area contributed by atoms with E-state index in [1.807, 2.05) is 18.5 Å². The molecule has 2 N–H and O–H groups in total. The van der Waals surface area contributed by atoms with Crippen molar-refractivity contribution >= 4 is 0 Å². The molecule has 1 aliphatic carbocycles. The molecule has 0 aromatic carbocycles. The molecule has 17 heavy (non-hydrogen) atoms. The van der Waals surface area contributed by atoms with Crippen molar-refractivity contribution in [3.63, 3.8) is 0 Å². The Morgan fingerprint density at radius 2 is 2.00 bits per heavy atom. The van der Waals surface area contributed by atoms with Crippen LogP contribution in [0.1, 0.15) is 50.5 Å². The monoisotopic (exact) mass is 232 g/mol. The Kier molecular flexibility index (Phi) is 4.99. The van der Waals surface area contributed by atoms with Gasteiger partial charge in [-0.15, -0.1) is 0 Å². The second-order valence-electron chi connectivity index (χ2n) is 5.32. The molecular weight excluding hydrogens is 208 g/mol. The van der Waals surface area contributed by atoms with Gasteiger partial charge >= 0.3 is 0 Å². The van der Waals surface area contributed by atoms with Crippen LogP contribution in [0.15, 0.2) is 24.5 Å². The molecule has 1 fully saturated rings. The standard InChI is InChI=1S/C15H24N2/c16-15(14-7-3-1-2-4-8-14)10-9-13-6-5-11-17-12-13/h5-6,11-12,14-15H,1-4,7-10,16H2. The minimum absolute atomic E-state index is 0.383. The fourth-order valence-electron chi connectivity index (χ4n) is 2.85. The molecule has 1 aromatic rings. The first kappa shape index (κ1) is 12.6. The average Bonchev–Trinajstić information content (AvgIpc) is 2.66. The Bertz CT molecular complexity index is 302. The molecule has 2 rings (SSSR count). The normalized spacial score (nSPS) is 19.8. The number of hydrogen-bond donors (Lipinski definition) is 1. The smallest absolute Gasteiger partial charge is 0.0299 e. The number of pyridine rings is 1. The SMILES string of the molecule is NC(CCc1cccnc1)C1CCCCCC1. The van der Waals surface area contributed by atoms with Crippen LogP contribution in [0, 0.1) is 5.92 Å². The van der Waals surface area contributed by atoms with Crippen molar-refractivity contribution in [2.24, 2.45) is 11.7 Å². The maximum atomic E-state index is 6.35. The molecule has 1 saturated carbocycles. The summed E-state index contributed by atoms with van der Waals surface area (Å²) in [4.78, 5) is 4.15. The third-order valence-electron chi connectivity index (χ3n) is 3.99. The number of hydrogen-bond acceptors (Lipinski definition) is 2. The van der Waals surface area contributed by atoms with Crippen LogP contribution >= 0.6 is 0 Å². The van der Waals surface area contributed by atoms with Crippen molar-refractivity contribution < 1.29 is 0 Å². The summed E-state index contributed by atoms with van der Waals surface area (Å²) in [7, 11) is 0. The number of aromatic nitrogens is 1. The van der Waals surface area contributed by atoms with Crippen LogP contribution in [0.4, 0.5) is 0 Å². The van der Waals surface area contributed by atoms with E-state index in [0.717, 1.165) is 18.8 Å². The van der Waals surface area contributed by atoms with Gasteiger partial charge in [-0.2, -0.15) is 0 Å². The highest BCUT2D eigenvalue weighted by atomic mass is 14.7. The van der Waals surface area contributed by atoms with E-state index < -0.39 is 0 Å². The van der Waals surface area contributed by atoms with Gasteiger partial charge < -0.3 is 5.73 Å². The molecule has 0 spiro atoms. The van der Waals surface area contributed by atoms with Crippen molar-refractivity contribution in [1.29, 1.82) is 0 Å². The summed E-state index contributed by atoms with van der Waals surface area (Å²) in [6.45, 7) is 0. The molecule has 1 aliphatic rings. The van der Waals surface area contributed by atoms with Crippen molar-refractivity contribution in [3.8, 4) is 0 Å². The molecule has 0 saturated heterocycles. The molecule has 0 radical (unpaired) electrons. The Morgan fingerprint density at radius 1 is 1.24 bits per heavy atom. The van der Waals surface area contributed by atoms with E-state index in [0.29, 0.717) is 6.04 Å². The minimum atomic E-state index is 0.383. The van der Waals surface area contributed by atoms with Crippen LogP contribution in [-0.4, -0.2) is 11.0 Å². The van der Waals surface area contributed by atoms with Gasteiger partial charge in [0, 0.05) is 18.4 Å². The fourth-order valence-corrected chi connectivity index (χ4v) is 2.85. The Balaban J connectivity index is 1.78. The molecule has 1 aromatic heterocycles. The molecule has 0 amide bonds. The van der Waals surface area contributed by atoms with Crippen LogP contribution in [0.2, 0.25) is 0 Å². The van der Waals surface area contributed by atoms with E-state index in [-0.39, 0.29) is 0 Å². The topological polar surface area (TPSA) is 38.9 Å². The van der Waals surface area contributed by atoms with Crippen molar-refractivity contribution in [2.45, 2.75) is 57.4 Å². The molecule has 0 aliphatic heterocycles. The number of rotatable bonds is 4. The number of nitrogens with zero attached hydrogens (tertiary/aromatic N) is 1. The van der Waals surface area contributed by atoms with Crippen LogP contribution in [0.5, 0.6) is 0 Å². The Morgan fingerprint density at radius 3 is 2.65 bits per heavy atom. The second kappa shape index (κ2) is 6.75. The second-order valence-corrected chi connectivity index (χ2v) is 5.32. The zero-order valence-corrected chi connectivity index (χ0v) is 10.6. The first-order valence-electron chi connectivity index (χ1n) is 7.01. The third-order valence-corrected chi connectivity index (χ3v) is 3.99. The molecule has 1 unspecified atom stereocenters. The molecule has 1 atom stereocenters. The predicted octanol–water partition coefficient (Wildman–Crippen LogP) is 3.31. The average molecular weight is 232 g/mol. The lowest BCUT2D eigenvalue weighted by Gasteiger charge is -2.22. The molecular formula is C15H24N2. The minimum Gasteiger partial charge on any atom is -0.327 e. The maximum Gasteiger partial charge on any atom is 0.0299 e. The lowest BCUT2D eigenvalue weighted by atomic mass is 9.89. The highest BCUT2D eigenvalue weighted by Crippen LogP contribution is 2.26. The van der Waals surface area contributed by atoms with Gasteiger partial charge in [-0.1, -0.05) is 31.7 Å². The van der Waals surface area contributed by atoms with Crippen molar-refractivity contribution in [3.05, 3.63) is 30.1 Å². The van der Waals surface area contributed by atoms with Crippen LogP contribution in [-0.2, 0) is 6.42 Å². The van der Waals surface area contributed by atoms with Gasteiger partial charge in [0.25, 0.3) is 0 Å². The first-order chi connectivity index (χ1) is 8.36. The van der Waals surface area contributed by atoms with Gasteiger partial charge in [-0.25, -0.2) is 0 Å². The van der Waals surface area contributed by atoms with Crippen molar-refractivity contribution in [1.82, 2.24) is 4.98 Å². The zero-order valence-electron chi connectivity index (χ0n) is 10.6. The molecule has 0 bridgehead atoms. The molecule has 2 heteroatoms. The van der Waals surface area contributed by atoms with Gasteiger partial charge in [0.1, 0.15) is 0 Å². The van der Waals surface area contributed by atoms with E-state index in [9.17, 15) is 0 Å². The summed E-state index contributed by atoms with van der Waals surface area (Å²) in [6.07, 6.45) is 14.2. The summed E-state index contributed by atoms with van der Waals surface area (Å²) >= 11 is 0. The maximum absolute atomic E-state index is 6.35. The Hall–Kier alpha value is -0.890. The highest BCUT2D eigenvalue weighted by Gasteiger charge is 2.19. The highest BCUT2D eigenvalue weighted by molar-refractivity contribution is 5.08. The summed E-state index contributed by atoms with van der Waals surface area (Å²) in [6, 6.07) is 4.53. The number of nitrogens with two attached hydrogens (primary N) is 1. The van der Waals surface area contributed by atoms with E-state index in [1.54, 1.807) is 0 Å². The van der Waals surface area contributed by atoms with Crippen LogP contribution in [0.3, 0.4) is 0 Å². The predicted molar refractivity (Wildman–Crippen MR) is 71.7 cm³/mol. The first-order valence-corrected chi connectivity index (χ1v) is 7.01. The van der Waals surface area contributed by atoms with Gasteiger partial charge in [0.15, 0.2) is 0 Å². The largest absolute Gasteiger partial charge is 0.327 e.